The molecule has 2 heterocycles. The second kappa shape index (κ2) is 8.23. The maximum atomic E-state index is 11.2. The minimum atomic E-state index is -0.553. The van der Waals surface area contributed by atoms with E-state index in [0.717, 1.165) is 30.6 Å². The molecule has 3 atom stereocenters. The van der Waals surface area contributed by atoms with Crippen LogP contribution in [0.25, 0.3) is 5.69 Å². The lowest BCUT2D eigenvalue weighted by molar-refractivity contribution is 0.0999. The van der Waals surface area contributed by atoms with E-state index in [9.17, 15) is 4.79 Å². The molecule has 0 radical (unpaired) electrons. The molecule has 10 nitrogen and oxygen atoms in total. The summed E-state index contributed by atoms with van der Waals surface area (Å²) in [7, 11) is 0. The molecule has 2 aromatic heterocycles. The predicted octanol–water partition coefficient (Wildman–Crippen LogP) is 0.929. The highest BCUT2D eigenvalue weighted by Gasteiger charge is 2.31. The van der Waals surface area contributed by atoms with E-state index in [1.807, 2.05) is 24.3 Å². The van der Waals surface area contributed by atoms with Crippen molar-refractivity contribution in [1.82, 2.24) is 25.0 Å². The molecule has 1 unspecified atom stereocenters. The zero-order chi connectivity index (χ0) is 20.2. The monoisotopic (exact) mass is 393 g/mol. The van der Waals surface area contributed by atoms with Crippen molar-refractivity contribution in [3.05, 3.63) is 54.6 Å². The van der Waals surface area contributed by atoms with E-state index in [1.165, 1.54) is 12.4 Å². The van der Waals surface area contributed by atoms with Crippen molar-refractivity contribution in [1.29, 1.82) is 0 Å². The standard InChI is InChI=1S/C19H23N9O/c20-17-15(26-13-3-1-4-14(9-13)28-24-7-8-25-28)5-2-6-16(17)27-19-22-10-12(11-23-19)18(21)29/h1,3-4,7-11,15-17,26H,2,5-6,20H2,(H2,21,29)(H,22,23,27)/t15?,16-,17+/m1/s1. The molecular weight excluding hydrogens is 370 g/mol. The number of anilines is 2. The van der Waals surface area contributed by atoms with E-state index in [1.54, 1.807) is 17.2 Å². The second-order valence-corrected chi connectivity index (χ2v) is 7.04. The summed E-state index contributed by atoms with van der Waals surface area (Å²) in [6.45, 7) is 0. The number of hydrogen-bond donors (Lipinski definition) is 4. The molecule has 1 aliphatic rings. The van der Waals surface area contributed by atoms with Crippen LogP contribution >= 0.6 is 0 Å². The third-order valence-corrected chi connectivity index (χ3v) is 5.06. The highest BCUT2D eigenvalue weighted by Crippen LogP contribution is 2.24. The van der Waals surface area contributed by atoms with Gasteiger partial charge in [0.2, 0.25) is 5.95 Å². The van der Waals surface area contributed by atoms with Gasteiger partial charge < -0.3 is 22.1 Å². The summed E-state index contributed by atoms with van der Waals surface area (Å²) in [6.07, 6.45) is 9.01. The number of hydrogen-bond acceptors (Lipinski definition) is 8. The fourth-order valence-electron chi connectivity index (χ4n) is 3.54. The Morgan fingerprint density at radius 1 is 1.07 bits per heavy atom. The Balaban J connectivity index is 1.43. The normalized spacial score (nSPS) is 21.5. The lowest BCUT2D eigenvalue weighted by Crippen LogP contribution is -2.54. The maximum Gasteiger partial charge on any atom is 0.251 e. The van der Waals surface area contributed by atoms with E-state index >= 15 is 0 Å². The molecule has 1 aromatic carbocycles. The Labute approximate surface area is 167 Å². The molecular formula is C19H23N9O. The van der Waals surface area contributed by atoms with Crippen molar-refractivity contribution >= 4 is 17.5 Å². The van der Waals surface area contributed by atoms with Gasteiger partial charge in [-0.25, -0.2) is 9.97 Å². The van der Waals surface area contributed by atoms with Gasteiger partial charge in [-0.2, -0.15) is 15.0 Å². The summed E-state index contributed by atoms with van der Waals surface area (Å²) >= 11 is 0. The number of nitrogens with two attached hydrogens (primary N) is 2. The topological polar surface area (TPSA) is 150 Å². The molecule has 1 amide bonds. The van der Waals surface area contributed by atoms with Gasteiger partial charge in [-0.05, 0) is 37.5 Å². The maximum absolute atomic E-state index is 11.2. The smallest absolute Gasteiger partial charge is 0.251 e. The van der Waals surface area contributed by atoms with Crippen LogP contribution in [0.5, 0.6) is 0 Å². The average molecular weight is 393 g/mol. The van der Waals surface area contributed by atoms with Crippen LogP contribution in [0.1, 0.15) is 29.6 Å². The van der Waals surface area contributed by atoms with Crippen LogP contribution < -0.4 is 22.1 Å². The first-order valence-electron chi connectivity index (χ1n) is 9.47. The lowest BCUT2D eigenvalue weighted by Gasteiger charge is -2.37. The van der Waals surface area contributed by atoms with Gasteiger partial charge in [0.25, 0.3) is 5.91 Å². The third kappa shape index (κ3) is 4.32. The summed E-state index contributed by atoms with van der Waals surface area (Å²) in [5.41, 5.74) is 13.9. The Morgan fingerprint density at radius 2 is 1.76 bits per heavy atom. The number of carbonyl (C=O) groups is 1. The quantitative estimate of drug-likeness (QED) is 0.483. The zero-order valence-electron chi connectivity index (χ0n) is 15.8. The number of rotatable bonds is 6. The van der Waals surface area contributed by atoms with E-state index in [4.69, 9.17) is 11.5 Å². The van der Waals surface area contributed by atoms with Gasteiger partial charge in [0.15, 0.2) is 0 Å². The lowest BCUT2D eigenvalue weighted by atomic mass is 9.86. The number of primary amides is 1. The molecule has 0 aliphatic heterocycles. The first-order chi connectivity index (χ1) is 14.1. The SMILES string of the molecule is NC(=O)c1cnc(N[C@@H]2CCCC(Nc3cccc(-n4nccn4)c3)[C@@H]2N)nc1. The number of nitrogens with zero attached hydrogens (tertiary/aromatic N) is 5. The highest BCUT2D eigenvalue weighted by atomic mass is 16.1. The van der Waals surface area contributed by atoms with Crippen LogP contribution in [0.3, 0.4) is 0 Å². The van der Waals surface area contributed by atoms with Crippen molar-refractivity contribution < 1.29 is 4.79 Å². The molecule has 0 spiro atoms. The van der Waals surface area contributed by atoms with Crippen LogP contribution in [0.4, 0.5) is 11.6 Å². The number of nitrogens with one attached hydrogen (secondary N) is 2. The van der Waals surface area contributed by atoms with Crippen molar-refractivity contribution in [2.75, 3.05) is 10.6 Å². The molecule has 0 bridgehead atoms. The van der Waals surface area contributed by atoms with E-state index < -0.39 is 5.91 Å². The number of amides is 1. The van der Waals surface area contributed by atoms with E-state index in [2.05, 4.69) is 30.8 Å². The Bertz CT molecular complexity index is 958. The Hall–Kier alpha value is -3.53. The summed E-state index contributed by atoms with van der Waals surface area (Å²) in [4.78, 5) is 21.1. The van der Waals surface area contributed by atoms with Crippen molar-refractivity contribution in [2.45, 2.75) is 37.4 Å². The largest absolute Gasteiger partial charge is 0.381 e. The predicted molar refractivity (Wildman–Crippen MR) is 109 cm³/mol. The van der Waals surface area contributed by atoms with Crippen LogP contribution in [-0.4, -0.2) is 49.0 Å². The van der Waals surface area contributed by atoms with Gasteiger partial charge in [0, 0.05) is 36.2 Å². The van der Waals surface area contributed by atoms with Gasteiger partial charge in [-0.1, -0.05) is 6.07 Å². The Morgan fingerprint density at radius 3 is 2.45 bits per heavy atom. The van der Waals surface area contributed by atoms with Crippen LogP contribution in [-0.2, 0) is 0 Å². The van der Waals surface area contributed by atoms with E-state index in [-0.39, 0.29) is 23.7 Å². The van der Waals surface area contributed by atoms with Crippen LogP contribution in [0.15, 0.2) is 49.1 Å². The average Bonchev–Trinajstić information content (AvgIpc) is 3.27. The van der Waals surface area contributed by atoms with Crippen molar-refractivity contribution in [2.24, 2.45) is 11.5 Å². The Kier molecular flexibility index (Phi) is 5.34. The molecule has 3 aromatic rings. The minimum Gasteiger partial charge on any atom is -0.381 e. The molecule has 1 fully saturated rings. The molecule has 0 saturated heterocycles. The number of carbonyl (C=O) groups excluding carboxylic acids is 1. The van der Waals surface area contributed by atoms with Crippen LogP contribution in [0.2, 0.25) is 0 Å². The fraction of sp³-hybridized carbons (Fsp3) is 0.316. The summed E-state index contributed by atoms with van der Waals surface area (Å²) in [6, 6.07) is 7.86. The van der Waals surface area contributed by atoms with Crippen molar-refractivity contribution in [3.63, 3.8) is 0 Å². The molecule has 29 heavy (non-hydrogen) atoms. The molecule has 1 saturated carbocycles. The van der Waals surface area contributed by atoms with Gasteiger partial charge in [-0.3, -0.25) is 4.79 Å². The summed E-state index contributed by atoms with van der Waals surface area (Å²) in [5.74, 6) is -0.120. The highest BCUT2D eigenvalue weighted by molar-refractivity contribution is 5.92. The first-order valence-corrected chi connectivity index (χ1v) is 9.47. The molecule has 1 aliphatic carbocycles. The van der Waals surface area contributed by atoms with Gasteiger partial charge in [-0.15, -0.1) is 0 Å². The molecule has 10 heteroatoms. The molecule has 4 rings (SSSR count). The van der Waals surface area contributed by atoms with Crippen LogP contribution in [0, 0.1) is 0 Å². The minimum absolute atomic E-state index is 0.0108. The molecule has 6 N–H and O–H groups in total. The zero-order valence-corrected chi connectivity index (χ0v) is 15.8. The van der Waals surface area contributed by atoms with Gasteiger partial charge >= 0.3 is 0 Å². The fourth-order valence-corrected chi connectivity index (χ4v) is 3.54. The second-order valence-electron chi connectivity index (χ2n) is 7.04. The van der Waals surface area contributed by atoms with Gasteiger partial charge in [0.05, 0.1) is 23.6 Å². The van der Waals surface area contributed by atoms with Crippen molar-refractivity contribution in [3.8, 4) is 5.69 Å². The molecule has 150 valence electrons. The summed E-state index contributed by atoms with van der Waals surface area (Å²) in [5, 5.41) is 15.2. The third-order valence-electron chi connectivity index (χ3n) is 5.06. The number of benzene rings is 1. The van der Waals surface area contributed by atoms with E-state index in [0.29, 0.717) is 5.95 Å². The summed E-state index contributed by atoms with van der Waals surface area (Å²) < 4.78 is 0. The number of aromatic nitrogens is 5. The first kappa shape index (κ1) is 18.8. The van der Waals surface area contributed by atoms with Gasteiger partial charge in [0.1, 0.15) is 0 Å².